The smallest absolute Gasteiger partial charge is 0.247 e. The third kappa shape index (κ3) is 4.02. The van der Waals surface area contributed by atoms with E-state index in [1.807, 2.05) is 0 Å². The van der Waals surface area contributed by atoms with Crippen LogP contribution in [0, 0.1) is 5.92 Å². The van der Waals surface area contributed by atoms with Gasteiger partial charge in [0.25, 0.3) is 0 Å². The summed E-state index contributed by atoms with van der Waals surface area (Å²) in [6, 6.07) is 4.50. The van der Waals surface area contributed by atoms with Gasteiger partial charge in [-0.15, -0.1) is 0 Å². The second-order valence-corrected chi connectivity index (χ2v) is 7.23. The van der Waals surface area contributed by atoms with Crippen LogP contribution >= 0.6 is 23.2 Å². The Balaban J connectivity index is 1.67. The molecule has 0 bridgehead atoms. The molecule has 1 aromatic rings. The number of nitrogens with one attached hydrogen (secondary N) is 2. The lowest BCUT2D eigenvalue weighted by molar-refractivity contribution is -0.140. The number of amides is 2. The van der Waals surface area contributed by atoms with Crippen molar-refractivity contribution in [1.82, 2.24) is 10.2 Å². The van der Waals surface area contributed by atoms with Crippen LogP contribution in [0.5, 0.6) is 0 Å². The van der Waals surface area contributed by atoms with Crippen molar-refractivity contribution in [1.29, 1.82) is 0 Å². The van der Waals surface area contributed by atoms with Crippen molar-refractivity contribution >= 4 is 40.7 Å². The van der Waals surface area contributed by atoms with E-state index in [1.54, 1.807) is 23.1 Å². The molecule has 24 heavy (non-hydrogen) atoms. The number of rotatable bonds is 3. The van der Waals surface area contributed by atoms with Gasteiger partial charge in [-0.2, -0.15) is 0 Å². The zero-order valence-corrected chi connectivity index (χ0v) is 14.9. The quantitative estimate of drug-likeness (QED) is 0.860. The van der Waals surface area contributed by atoms with Crippen LogP contribution < -0.4 is 10.6 Å². The number of anilines is 1. The number of halogens is 2. The number of piperidine rings is 1. The highest BCUT2D eigenvalue weighted by molar-refractivity contribution is 6.35. The van der Waals surface area contributed by atoms with Gasteiger partial charge in [-0.05, 0) is 57.0 Å². The van der Waals surface area contributed by atoms with E-state index in [2.05, 4.69) is 10.6 Å². The highest BCUT2D eigenvalue weighted by atomic mass is 35.5. The Labute approximate surface area is 151 Å². The Morgan fingerprint density at radius 2 is 1.75 bits per heavy atom. The maximum absolute atomic E-state index is 12.8. The largest absolute Gasteiger partial charge is 0.330 e. The Kier molecular flexibility index (Phi) is 5.64. The average molecular weight is 370 g/mol. The average Bonchev–Trinajstić information content (AvgIpc) is 3.03. The minimum atomic E-state index is -0.412. The van der Waals surface area contributed by atoms with Gasteiger partial charge in [0.15, 0.2) is 0 Å². The number of carbonyl (C=O) groups is 2. The molecule has 0 saturated carbocycles. The molecule has 5 nitrogen and oxygen atoms in total. The van der Waals surface area contributed by atoms with Crippen molar-refractivity contribution < 1.29 is 9.59 Å². The van der Waals surface area contributed by atoms with E-state index in [4.69, 9.17) is 23.2 Å². The number of nitrogens with zero attached hydrogens (tertiary/aromatic N) is 1. The number of likely N-dealkylation sites (tertiary alicyclic amines) is 1. The number of hydrogen-bond donors (Lipinski definition) is 2. The second kappa shape index (κ2) is 7.72. The fourth-order valence-corrected chi connectivity index (χ4v) is 3.98. The molecule has 2 saturated heterocycles. The number of hydrogen-bond acceptors (Lipinski definition) is 3. The van der Waals surface area contributed by atoms with Crippen LogP contribution in [0.25, 0.3) is 0 Å². The summed E-state index contributed by atoms with van der Waals surface area (Å²) < 4.78 is 0. The molecule has 2 amide bonds. The minimum absolute atomic E-state index is 0.0280. The van der Waals surface area contributed by atoms with Gasteiger partial charge in [0.1, 0.15) is 6.04 Å². The first-order valence-corrected chi connectivity index (χ1v) is 9.08. The van der Waals surface area contributed by atoms with E-state index in [0.29, 0.717) is 28.7 Å². The summed E-state index contributed by atoms with van der Waals surface area (Å²) in [6.45, 7) is 2.38. The summed E-state index contributed by atoms with van der Waals surface area (Å²) in [5.41, 5.74) is 0.554. The Hall–Kier alpha value is -1.30. The molecule has 1 aromatic carbocycles. The van der Waals surface area contributed by atoms with Crippen LogP contribution in [-0.4, -0.2) is 42.4 Å². The SMILES string of the molecule is O=C(Nc1cc(Cl)cc(Cl)c1)C1CCCN1C(=O)C1CCNCC1. The third-order valence-electron chi connectivity index (χ3n) is 4.66. The van der Waals surface area contributed by atoms with Crippen molar-refractivity contribution in [2.24, 2.45) is 5.92 Å². The van der Waals surface area contributed by atoms with Gasteiger partial charge in [0, 0.05) is 28.2 Å². The van der Waals surface area contributed by atoms with Gasteiger partial charge in [-0.3, -0.25) is 9.59 Å². The molecule has 1 atom stereocenters. The van der Waals surface area contributed by atoms with E-state index in [1.165, 1.54) is 0 Å². The van der Waals surface area contributed by atoms with Crippen molar-refractivity contribution in [3.63, 3.8) is 0 Å². The van der Waals surface area contributed by atoms with Crippen LogP contribution in [0.4, 0.5) is 5.69 Å². The summed E-state index contributed by atoms with van der Waals surface area (Å²) in [7, 11) is 0. The molecule has 1 unspecified atom stereocenters. The summed E-state index contributed by atoms with van der Waals surface area (Å²) in [4.78, 5) is 27.1. The maximum Gasteiger partial charge on any atom is 0.247 e. The molecule has 2 N–H and O–H groups in total. The van der Waals surface area contributed by atoms with Gasteiger partial charge in [-0.1, -0.05) is 23.2 Å². The molecular formula is C17H21Cl2N3O2. The number of carbonyl (C=O) groups excluding carboxylic acids is 2. The highest BCUT2D eigenvalue weighted by Gasteiger charge is 2.37. The standard InChI is InChI=1S/C17H21Cl2N3O2/c18-12-8-13(19)10-14(9-12)21-16(23)15-2-1-7-22(15)17(24)11-3-5-20-6-4-11/h8-11,15,20H,1-7H2,(H,21,23). The molecule has 2 aliphatic rings. The van der Waals surface area contributed by atoms with E-state index in [0.717, 1.165) is 32.4 Å². The van der Waals surface area contributed by atoms with Gasteiger partial charge < -0.3 is 15.5 Å². The van der Waals surface area contributed by atoms with Crippen LogP contribution in [0.2, 0.25) is 10.0 Å². The number of benzene rings is 1. The molecular weight excluding hydrogens is 349 g/mol. The summed E-state index contributed by atoms with van der Waals surface area (Å²) in [6.07, 6.45) is 3.23. The van der Waals surface area contributed by atoms with Crippen molar-refractivity contribution in [3.05, 3.63) is 28.2 Å². The zero-order chi connectivity index (χ0) is 17.1. The van der Waals surface area contributed by atoms with Crippen molar-refractivity contribution in [3.8, 4) is 0 Å². The zero-order valence-electron chi connectivity index (χ0n) is 13.4. The molecule has 2 fully saturated rings. The Morgan fingerprint density at radius 1 is 1.08 bits per heavy atom. The molecule has 0 aromatic heterocycles. The van der Waals surface area contributed by atoms with E-state index in [-0.39, 0.29) is 17.7 Å². The maximum atomic E-state index is 12.8. The lowest BCUT2D eigenvalue weighted by atomic mass is 9.96. The summed E-state index contributed by atoms with van der Waals surface area (Å²) >= 11 is 11.9. The van der Waals surface area contributed by atoms with Crippen LogP contribution in [0.15, 0.2) is 18.2 Å². The molecule has 0 spiro atoms. The topological polar surface area (TPSA) is 61.4 Å². The molecule has 7 heteroatoms. The molecule has 2 heterocycles. The van der Waals surface area contributed by atoms with Crippen molar-refractivity contribution in [2.75, 3.05) is 25.0 Å². The lowest BCUT2D eigenvalue weighted by Gasteiger charge is -2.30. The monoisotopic (exact) mass is 369 g/mol. The van der Waals surface area contributed by atoms with E-state index in [9.17, 15) is 9.59 Å². The predicted molar refractivity (Wildman–Crippen MR) is 95.4 cm³/mol. The van der Waals surface area contributed by atoms with Crippen LogP contribution in [-0.2, 0) is 9.59 Å². The van der Waals surface area contributed by atoms with E-state index < -0.39 is 6.04 Å². The Bertz CT molecular complexity index is 612. The first kappa shape index (κ1) is 17.5. The minimum Gasteiger partial charge on any atom is -0.330 e. The summed E-state index contributed by atoms with van der Waals surface area (Å²) in [5, 5.41) is 7.03. The molecule has 0 aliphatic carbocycles. The van der Waals surface area contributed by atoms with E-state index >= 15 is 0 Å². The first-order valence-electron chi connectivity index (χ1n) is 8.33. The normalized spacial score (nSPS) is 21.8. The lowest BCUT2D eigenvalue weighted by Crippen LogP contribution is -2.47. The first-order chi connectivity index (χ1) is 11.5. The fourth-order valence-electron chi connectivity index (χ4n) is 3.46. The van der Waals surface area contributed by atoms with Gasteiger partial charge in [0.2, 0.25) is 11.8 Å². The molecule has 3 rings (SSSR count). The third-order valence-corrected chi connectivity index (χ3v) is 5.09. The van der Waals surface area contributed by atoms with Gasteiger partial charge >= 0.3 is 0 Å². The second-order valence-electron chi connectivity index (χ2n) is 6.36. The Morgan fingerprint density at radius 3 is 2.42 bits per heavy atom. The predicted octanol–water partition coefficient (Wildman–Crippen LogP) is 2.92. The summed E-state index contributed by atoms with van der Waals surface area (Å²) in [5.74, 6) is -0.0355. The van der Waals surface area contributed by atoms with Crippen molar-refractivity contribution in [2.45, 2.75) is 31.7 Å². The van der Waals surface area contributed by atoms with Crippen LogP contribution in [0.3, 0.4) is 0 Å². The van der Waals surface area contributed by atoms with Crippen LogP contribution in [0.1, 0.15) is 25.7 Å². The molecule has 2 aliphatic heterocycles. The highest BCUT2D eigenvalue weighted by Crippen LogP contribution is 2.26. The molecule has 0 radical (unpaired) electrons. The van der Waals surface area contributed by atoms with Gasteiger partial charge in [0.05, 0.1) is 0 Å². The van der Waals surface area contributed by atoms with Gasteiger partial charge in [-0.25, -0.2) is 0 Å². The fraction of sp³-hybridized carbons (Fsp3) is 0.529. The molecule has 130 valence electrons.